The van der Waals surface area contributed by atoms with Crippen LogP contribution in [0.15, 0.2) is 0 Å². The lowest BCUT2D eigenvalue weighted by Gasteiger charge is -2.14. The summed E-state index contributed by atoms with van der Waals surface area (Å²) in [6, 6.07) is -0.132. The maximum Gasteiger partial charge on any atom is 0.219 e. The van der Waals surface area contributed by atoms with Crippen LogP contribution in [-0.4, -0.2) is 25.2 Å². The monoisotopic (exact) mass is 236 g/mol. The van der Waals surface area contributed by atoms with Crippen LogP contribution in [0, 0.1) is 6.92 Å². The average Bonchev–Trinajstić information content (AvgIpc) is 2.65. The van der Waals surface area contributed by atoms with Gasteiger partial charge >= 0.3 is 0 Å². The molecule has 92 valence electrons. The Labute approximate surface area is 98.4 Å². The molecule has 2 heterocycles. The number of rotatable bonds is 3. The van der Waals surface area contributed by atoms with Gasteiger partial charge in [-0.1, -0.05) is 0 Å². The Morgan fingerprint density at radius 3 is 2.76 bits per heavy atom. The number of nitrogens with two attached hydrogens (primary N) is 2. The molecule has 7 heteroatoms. The number of amides is 1. The molecule has 2 rings (SSSR count). The Hall–Kier alpha value is -2.05. The number of aryl methyl sites for hydroxylation is 2. The minimum absolute atomic E-state index is 0.132. The van der Waals surface area contributed by atoms with E-state index in [1.807, 2.05) is 20.9 Å². The molecule has 2 aromatic rings. The SMILES string of the molecule is Cc1nn(C)c2c1nc(N)n2C(C)CC(N)=O. The maximum atomic E-state index is 11.0. The highest BCUT2D eigenvalue weighted by atomic mass is 16.1. The van der Waals surface area contributed by atoms with Gasteiger partial charge in [-0.25, -0.2) is 4.98 Å². The summed E-state index contributed by atoms with van der Waals surface area (Å²) in [7, 11) is 1.82. The molecule has 0 aliphatic rings. The summed E-state index contributed by atoms with van der Waals surface area (Å²) in [5.74, 6) is 0.0162. The van der Waals surface area contributed by atoms with Crippen LogP contribution >= 0.6 is 0 Å². The zero-order chi connectivity index (χ0) is 12.7. The molecule has 1 amide bonds. The lowest BCUT2D eigenvalue weighted by Crippen LogP contribution is -2.19. The minimum Gasteiger partial charge on any atom is -0.370 e. The van der Waals surface area contributed by atoms with Crippen LogP contribution in [0.1, 0.15) is 25.1 Å². The van der Waals surface area contributed by atoms with Crippen LogP contribution in [-0.2, 0) is 11.8 Å². The van der Waals surface area contributed by atoms with E-state index in [4.69, 9.17) is 11.5 Å². The van der Waals surface area contributed by atoms with Crippen molar-refractivity contribution in [1.82, 2.24) is 19.3 Å². The Morgan fingerprint density at radius 2 is 2.18 bits per heavy atom. The average molecular weight is 236 g/mol. The third-order valence-electron chi connectivity index (χ3n) is 2.80. The first-order valence-corrected chi connectivity index (χ1v) is 5.37. The van der Waals surface area contributed by atoms with Crippen molar-refractivity contribution in [2.24, 2.45) is 12.8 Å². The van der Waals surface area contributed by atoms with E-state index in [1.165, 1.54) is 0 Å². The van der Waals surface area contributed by atoms with Crippen molar-refractivity contribution in [2.45, 2.75) is 26.3 Å². The first-order chi connectivity index (χ1) is 7.91. The van der Waals surface area contributed by atoms with E-state index in [9.17, 15) is 4.79 Å². The predicted molar refractivity (Wildman–Crippen MR) is 64.2 cm³/mol. The topological polar surface area (TPSA) is 105 Å². The molecule has 4 N–H and O–H groups in total. The molecule has 0 radical (unpaired) electrons. The molecule has 17 heavy (non-hydrogen) atoms. The van der Waals surface area contributed by atoms with Crippen molar-refractivity contribution >= 4 is 23.0 Å². The zero-order valence-electron chi connectivity index (χ0n) is 10.1. The molecule has 2 aromatic heterocycles. The molecule has 0 bridgehead atoms. The molecule has 0 saturated heterocycles. The fraction of sp³-hybridized carbons (Fsp3) is 0.500. The standard InChI is InChI=1S/C10H16N6O/c1-5(4-7(11)17)16-9-8(13-10(16)12)6(2)14-15(9)3/h5H,4H2,1-3H3,(H2,11,17)(H2,12,13). The molecule has 0 saturated carbocycles. The van der Waals surface area contributed by atoms with E-state index in [-0.39, 0.29) is 18.4 Å². The lowest BCUT2D eigenvalue weighted by atomic mass is 10.2. The highest BCUT2D eigenvalue weighted by Crippen LogP contribution is 2.25. The van der Waals surface area contributed by atoms with Crippen LogP contribution in [0.2, 0.25) is 0 Å². The Bertz CT molecular complexity index is 581. The van der Waals surface area contributed by atoms with Crippen molar-refractivity contribution in [3.8, 4) is 0 Å². The number of aromatic nitrogens is 4. The third-order valence-corrected chi connectivity index (χ3v) is 2.80. The molecule has 1 atom stereocenters. The quantitative estimate of drug-likeness (QED) is 0.788. The van der Waals surface area contributed by atoms with Gasteiger partial charge in [0.1, 0.15) is 5.52 Å². The van der Waals surface area contributed by atoms with E-state index in [0.717, 1.165) is 16.9 Å². The van der Waals surface area contributed by atoms with E-state index in [0.29, 0.717) is 5.95 Å². The molecular formula is C10H16N6O. The molecule has 0 aliphatic heterocycles. The van der Waals surface area contributed by atoms with Crippen LogP contribution in [0.4, 0.5) is 5.95 Å². The highest BCUT2D eigenvalue weighted by molar-refractivity contribution is 5.79. The lowest BCUT2D eigenvalue weighted by molar-refractivity contribution is -0.118. The Kier molecular flexibility index (Phi) is 2.53. The third kappa shape index (κ3) is 1.73. The van der Waals surface area contributed by atoms with Gasteiger partial charge in [-0.3, -0.25) is 14.0 Å². The van der Waals surface area contributed by atoms with Crippen LogP contribution in [0.5, 0.6) is 0 Å². The molecule has 1 unspecified atom stereocenters. The normalized spacial score (nSPS) is 13.1. The summed E-state index contributed by atoms with van der Waals surface area (Å²) >= 11 is 0. The van der Waals surface area contributed by atoms with Crippen molar-refractivity contribution in [3.05, 3.63) is 5.69 Å². The first-order valence-electron chi connectivity index (χ1n) is 5.37. The van der Waals surface area contributed by atoms with Gasteiger partial charge in [0.25, 0.3) is 0 Å². The van der Waals surface area contributed by atoms with Gasteiger partial charge in [-0.2, -0.15) is 5.10 Å². The molecule has 0 aromatic carbocycles. The number of primary amides is 1. The van der Waals surface area contributed by atoms with Gasteiger partial charge in [-0.05, 0) is 13.8 Å². The van der Waals surface area contributed by atoms with Gasteiger partial charge < -0.3 is 11.5 Å². The Morgan fingerprint density at radius 1 is 1.53 bits per heavy atom. The largest absolute Gasteiger partial charge is 0.370 e. The first kappa shape index (κ1) is 11.4. The zero-order valence-corrected chi connectivity index (χ0v) is 10.1. The second-order valence-electron chi connectivity index (χ2n) is 4.24. The molecule has 7 nitrogen and oxygen atoms in total. The Balaban J connectivity index is 2.59. The second-order valence-corrected chi connectivity index (χ2v) is 4.24. The summed E-state index contributed by atoms with van der Waals surface area (Å²) in [6.07, 6.45) is 0.222. The summed E-state index contributed by atoms with van der Waals surface area (Å²) in [5.41, 5.74) is 13.5. The summed E-state index contributed by atoms with van der Waals surface area (Å²) in [5, 5.41) is 4.28. The van der Waals surface area contributed by atoms with E-state index in [1.54, 1.807) is 9.25 Å². The summed E-state index contributed by atoms with van der Waals surface area (Å²) in [6.45, 7) is 3.75. The fourth-order valence-electron chi connectivity index (χ4n) is 2.13. The highest BCUT2D eigenvalue weighted by Gasteiger charge is 2.20. The molecule has 0 aliphatic carbocycles. The molecule has 0 spiro atoms. The van der Waals surface area contributed by atoms with Gasteiger partial charge in [0, 0.05) is 19.5 Å². The maximum absolute atomic E-state index is 11.0. The van der Waals surface area contributed by atoms with Gasteiger partial charge in [0.15, 0.2) is 5.65 Å². The van der Waals surface area contributed by atoms with Gasteiger partial charge in [0.2, 0.25) is 11.9 Å². The van der Waals surface area contributed by atoms with Crippen LogP contribution in [0.25, 0.3) is 11.2 Å². The molecular weight excluding hydrogens is 220 g/mol. The number of hydrogen-bond acceptors (Lipinski definition) is 4. The van der Waals surface area contributed by atoms with Crippen molar-refractivity contribution in [2.75, 3.05) is 5.73 Å². The van der Waals surface area contributed by atoms with E-state index >= 15 is 0 Å². The van der Waals surface area contributed by atoms with Crippen molar-refractivity contribution in [3.63, 3.8) is 0 Å². The number of nitrogen functional groups attached to an aromatic ring is 1. The second kappa shape index (κ2) is 3.76. The van der Waals surface area contributed by atoms with Crippen molar-refractivity contribution < 1.29 is 4.79 Å². The number of nitrogens with zero attached hydrogens (tertiary/aromatic N) is 4. The smallest absolute Gasteiger partial charge is 0.219 e. The number of fused-ring (bicyclic) bond motifs is 1. The minimum atomic E-state index is -0.363. The summed E-state index contributed by atoms with van der Waals surface area (Å²) in [4.78, 5) is 15.2. The van der Waals surface area contributed by atoms with Crippen molar-refractivity contribution in [1.29, 1.82) is 0 Å². The number of carbonyl (C=O) groups excluding carboxylic acids is 1. The van der Waals surface area contributed by atoms with Crippen LogP contribution in [0.3, 0.4) is 0 Å². The fourth-order valence-corrected chi connectivity index (χ4v) is 2.13. The number of anilines is 1. The van der Waals surface area contributed by atoms with Gasteiger partial charge in [0.05, 0.1) is 5.69 Å². The van der Waals surface area contributed by atoms with E-state index < -0.39 is 0 Å². The number of hydrogen-bond donors (Lipinski definition) is 2. The predicted octanol–water partition coefficient (Wildman–Crippen LogP) is 0.0968. The van der Waals surface area contributed by atoms with E-state index in [2.05, 4.69) is 10.1 Å². The number of carbonyl (C=O) groups is 1. The van der Waals surface area contributed by atoms with Gasteiger partial charge in [-0.15, -0.1) is 0 Å². The molecule has 0 fully saturated rings. The number of imidazole rings is 1. The van der Waals surface area contributed by atoms with Crippen LogP contribution < -0.4 is 11.5 Å². The summed E-state index contributed by atoms with van der Waals surface area (Å²) < 4.78 is 3.51.